The molecule has 18 atom stereocenters. The first-order chi connectivity index (χ1) is 57.3. The number of aromatic hydroxyl groups is 3. The highest BCUT2D eigenvalue weighted by atomic mass is 35.5. The van der Waals surface area contributed by atoms with Gasteiger partial charge in [-0.15, -0.1) is 0 Å². The molecule has 37 heteroatoms. The molecule has 2 fully saturated rings. The molecule has 5 aromatic carbocycles. The van der Waals surface area contributed by atoms with Gasteiger partial charge in [0, 0.05) is 54.5 Å². The van der Waals surface area contributed by atoms with E-state index >= 15 is 24.0 Å². The number of rotatable bonds is 31. The molecule has 0 radical (unpaired) electrons. The van der Waals surface area contributed by atoms with Gasteiger partial charge in [0.25, 0.3) is 0 Å². The summed E-state index contributed by atoms with van der Waals surface area (Å²) in [4.78, 5) is 139. The van der Waals surface area contributed by atoms with Gasteiger partial charge in [-0.2, -0.15) is 0 Å². The number of carboxylic acids is 1. The van der Waals surface area contributed by atoms with Gasteiger partial charge in [-0.1, -0.05) is 126 Å². The number of amides is 4. The molecule has 11 bridgehead atoms. The summed E-state index contributed by atoms with van der Waals surface area (Å²) >= 11 is 14.4. The molecule has 34 nitrogen and oxygen atoms in total. The second kappa shape index (κ2) is 41.8. The average Bonchev–Trinajstić information content (AvgIpc) is 1.36. The van der Waals surface area contributed by atoms with Crippen LogP contribution in [0, 0.1) is 17.8 Å². The standard InChI is InChI=1S/C84H110Cl2N7O27P/c1-7-8-9-10-11-12-13-14-15-16-17-24-90-84(5)36-67(115-41(4)78(84)106)119-77-75(105)74(104)65(38-94)118-83(77)120-76-63-29-45-30-64(76)117-62-23-20-44(28-53(62)86)72(102)50-34-60(99)69(42-18-21-56(95)47(26-42)68-48(70(82(110)111)93-81(50)109)32-57(96)51(73(68)103)37-89-39-121(112,113)114)92-79(107)46(45)31-59(98)55(35-66(87)100)91-80(108)49(33-58(97)54(88-6)25-40(2)3)71(101)43-19-22-61(116-63)52(85)27-43/h18-23,26-30,32,40-41,46,49-50,54-55,65,67,69-72,74-75,77-78,83,88-90,94-96,101-106H,7-17,24-25,31,33-39H2,1-6H3,(H2,87,100)(H,91,108)(H,92,107)(H,93,109)(H,110,111)(H2,112,113,114)/t41-,46+,49+,50-,54+,55-,65+,67-,69+,70-,71+,72+,74+,75-,77+,78+,83-,84-/m0/s1. The van der Waals surface area contributed by atoms with E-state index in [9.17, 15) is 79.8 Å². The van der Waals surface area contributed by atoms with Crippen LogP contribution in [-0.4, -0.2) is 201 Å². The molecule has 0 aliphatic carbocycles. The molecule has 7 aliphatic heterocycles. The molecule has 2 saturated heterocycles. The molecule has 5 aromatic rings. The Hall–Kier alpha value is -8.49. The number of nitrogens with two attached hydrogens (primary N) is 1. The number of aliphatic hydroxyl groups is 6. The van der Waals surface area contributed by atoms with Crippen LogP contribution in [0.25, 0.3) is 11.1 Å². The van der Waals surface area contributed by atoms with Crippen molar-refractivity contribution in [2.45, 2.75) is 247 Å². The van der Waals surface area contributed by atoms with Crippen LogP contribution >= 0.6 is 30.8 Å². The fourth-order valence-electron chi connectivity index (χ4n) is 16.2. The lowest BCUT2D eigenvalue weighted by atomic mass is 9.83. The lowest BCUT2D eigenvalue weighted by molar-refractivity contribution is -0.334. The summed E-state index contributed by atoms with van der Waals surface area (Å²) in [5, 5.41) is 134. The maximum absolute atomic E-state index is 16.4. The van der Waals surface area contributed by atoms with E-state index in [0.29, 0.717) is 6.54 Å². The van der Waals surface area contributed by atoms with Gasteiger partial charge in [0.05, 0.1) is 89.2 Å². The number of unbranched alkanes of at least 4 members (excludes halogenated alkanes) is 10. The maximum atomic E-state index is 16.4. The molecule has 0 saturated carbocycles. The van der Waals surface area contributed by atoms with Gasteiger partial charge in [-0.05, 0) is 123 Å². The number of aliphatic hydroxyl groups excluding tert-OH is 6. The lowest BCUT2D eigenvalue weighted by Crippen LogP contribution is -2.65. The number of phenolic OH excluding ortho intramolecular Hbond substituents is 3. The van der Waals surface area contributed by atoms with E-state index in [1.807, 2.05) is 13.8 Å². The van der Waals surface area contributed by atoms with Crippen LogP contribution in [0.5, 0.6) is 46.0 Å². The first-order valence-electron chi connectivity index (χ1n) is 40.7. The zero-order valence-corrected chi connectivity index (χ0v) is 70.3. The van der Waals surface area contributed by atoms with Crippen molar-refractivity contribution in [1.29, 1.82) is 0 Å². The largest absolute Gasteiger partial charge is 0.507 e. The fourth-order valence-corrected chi connectivity index (χ4v) is 17.0. The van der Waals surface area contributed by atoms with Crippen LogP contribution in [0.1, 0.15) is 207 Å². The summed E-state index contributed by atoms with van der Waals surface area (Å²) in [6.07, 6.45) is -9.75. The Morgan fingerprint density at radius 1 is 0.711 bits per heavy atom. The molecular weight excluding hydrogens is 1640 g/mol. The van der Waals surface area contributed by atoms with E-state index in [2.05, 4.69) is 38.8 Å². The summed E-state index contributed by atoms with van der Waals surface area (Å²) in [6, 6.07) is 5.77. The Balaban J connectivity index is 1.17. The SMILES string of the molecule is CCCCCCCCCCCCCN[C@@]1(C)C[C@H](O[C@H]2[C@H](Oc3c4cc5cc3Oc3ccc(cc3Cl)[C@@H](O)[C@@H](CC(=O)[C@@H](CC(C)C)NC)C(=O)N[C@@H](CC(N)=O)C(=O)C[C@H]5C(=O)N[C@H]3C(=O)C[C@H](C(=O)N[C@H](C(=O)O)c5cc(O)c(CNCP(=O)(O)O)c(O)c5-c5cc3ccc5O)[C@H](O)c3ccc(c(Cl)c3)O4)O[C@H](CO)[C@@H](O)[C@@H]2O)O[C@@H](C)[C@H]1O. The molecule has 0 aromatic heterocycles. The van der Waals surface area contributed by atoms with Gasteiger partial charge < -0.3 is 127 Å². The lowest BCUT2D eigenvalue weighted by Gasteiger charge is -2.48. The van der Waals surface area contributed by atoms with Crippen LogP contribution < -0.4 is 51.8 Å². The van der Waals surface area contributed by atoms with E-state index in [1.54, 1.807) is 13.8 Å². The van der Waals surface area contributed by atoms with Crippen molar-refractivity contribution < 1.29 is 132 Å². The highest BCUT2D eigenvalue weighted by Gasteiger charge is 2.52. The summed E-state index contributed by atoms with van der Waals surface area (Å²) in [7, 11) is -3.31. The van der Waals surface area contributed by atoms with Gasteiger partial charge in [0.2, 0.25) is 35.7 Å². The normalized spacial score (nSPS) is 26.9. The number of likely N-dealkylation sites (N-methyl/N-ethyl adjacent to an activating group) is 1. The Labute approximate surface area is 709 Å². The van der Waals surface area contributed by atoms with Crippen molar-refractivity contribution in [1.82, 2.24) is 31.9 Å². The number of Topliss-reactive ketones (excluding diaryl/α,β-unsaturated/α-hetero) is 3. The Morgan fingerprint density at radius 2 is 1.32 bits per heavy atom. The van der Waals surface area contributed by atoms with Gasteiger partial charge in [-0.3, -0.25) is 38.1 Å². The molecule has 7 heterocycles. The predicted octanol–water partition coefficient (Wildman–Crippen LogP) is 7.34. The first kappa shape index (κ1) is 94.8. The Morgan fingerprint density at radius 3 is 1.90 bits per heavy atom. The highest BCUT2D eigenvalue weighted by Crippen LogP contribution is 2.52. The third-order valence-electron chi connectivity index (χ3n) is 22.9. The second-order valence-corrected chi connectivity index (χ2v) is 34.9. The molecular formula is C84H110Cl2N7O27P. The molecule has 4 amide bonds. The molecule has 7 aliphatic rings. The van der Waals surface area contributed by atoms with E-state index in [0.717, 1.165) is 80.6 Å². The quantitative estimate of drug-likeness (QED) is 0.0152. The molecule has 662 valence electrons. The number of carbonyl (C=O) groups is 8. The van der Waals surface area contributed by atoms with Crippen LogP contribution in [0.15, 0.2) is 72.8 Å². The number of nitrogens with one attached hydrogen (secondary N) is 6. The number of carbonyl (C=O) groups excluding carboxylic acids is 7. The number of hydrogen-bond acceptors (Lipinski definition) is 27. The van der Waals surface area contributed by atoms with Crippen molar-refractivity contribution in [2.24, 2.45) is 23.5 Å². The number of phenols is 3. The number of primary amides is 1. The summed E-state index contributed by atoms with van der Waals surface area (Å²) in [5.74, 6) is -21.2. The second-order valence-electron chi connectivity index (χ2n) is 32.5. The zero-order valence-electron chi connectivity index (χ0n) is 67.9. The number of benzene rings is 5. The van der Waals surface area contributed by atoms with Gasteiger partial charge in [0.15, 0.2) is 47.3 Å². The minimum absolute atomic E-state index is 0.0693. The van der Waals surface area contributed by atoms with E-state index in [-0.39, 0.29) is 57.5 Å². The van der Waals surface area contributed by atoms with Gasteiger partial charge >= 0.3 is 13.6 Å². The number of hydrogen-bond donors (Lipinski definition) is 19. The van der Waals surface area contributed by atoms with Crippen molar-refractivity contribution in [3.8, 4) is 57.1 Å². The Kier molecular flexibility index (Phi) is 32.7. The van der Waals surface area contributed by atoms with E-state index in [1.165, 1.54) is 69.8 Å². The maximum Gasteiger partial charge on any atom is 0.339 e. The van der Waals surface area contributed by atoms with Crippen LogP contribution in [0.3, 0.4) is 0 Å². The van der Waals surface area contributed by atoms with Crippen molar-refractivity contribution in [3.05, 3.63) is 116 Å². The Bertz CT molecular complexity index is 4630. The van der Waals surface area contributed by atoms with Crippen LogP contribution in [0.2, 0.25) is 10.0 Å². The van der Waals surface area contributed by atoms with Crippen LogP contribution in [0.4, 0.5) is 0 Å². The van der Waals surface area contributed by atoms with Crippen molar-refractivity contribution in [3.63, 3.8) is 0 Å². The average molecular weight is 1750 g/mol. The third kappa shape index (κ3) is 23.3. The van der Waals surface area contributed by atoms with Crippen molar-refractivity contribution >= 4 is 77.7 Å². The molecule has 121 heavy (non-hydrogen) atoms. The third-order valence-corrected chi connectivity index (χ3v) is 24.1. The number of aliphatic carboxylic acids is 1. The molecule has 0 spiro atoms. The number of ketones is 3. The minimum atomic E-state index is -4.83. The highest BCUT2D eigenvalue weighted by molar-refractivity contribution is 7.51. The minimum Gasteiger partial charge on any atom is -0.507 e. The van der Waals surface area contributed by atoms with E-state index in [4.69, 9.17) is 57.4 Å². The van der Waals surface area contributed by atoms with Crippen LogP contribution in [-0.2, 0) is 63.7 Å². The monoisotopic (exact) mass is 1750 g/mol. The number of ether oxygens (including phenoxy) is 6. The summed E-state index contributed by atoms with van der Waals surface area (Å²) < 4.78 is 51.7. The molecule has 20 N–H and O–H groups in total. The fraction of sp³-hybridized carbons (Fsp3) is 0.548. The van der Waals surface area contributed by atoms with E-state index < -0.39 is 270 Å². The number of halogens is 2. The summed E-state index contributed by atoms with van der Waals surface area (Å²) in [6.45, 7) is 8.04. The molecule has 12 rings (SSSR count). The van der Waals surface area contributed by atoms with Crippen molar-refractivity contribution in [2.75, 3.05) is 26.5 Å². The number of carboxylic acid groups (broad SMARTS) is 1. The zero-order chi connectivity index (χ0) is 88.2. The first-order valence-corrected chi connectivity index (χ1v) is 43.2. The molecule has 0 unspecified atom stereocenters. The van der Waals surface area contributed by atoms with Gasteiger partial charge in [-0.25, -0.2) is 4.79 Å². The predicted molar refractivity (Wildman–Crippen MR) is 437 cm³/mol. The summed E-state index contributed by atoms with van der Waals surface area (Å²) in [5.41, 5.74) is 1.22. The smallest absolute Gasteiger partial charge is 0.339 e. The van der Waals surface area contributed by atoms with Gasteiger partial charge in [0.1, 0.15) is 53.1 Å². The topological polar surface area (TPSA) is 550 Å². The number of fused-ring (bicyclic) bond motifs is 15.